The lowest BCUT2D eigenvalue weighted by Gasteiger charge is -2.39. The summed E-state index contributed by atoms with van der Waals surface area (Å²) in [7, 11) is 0. The van der Waals surface area contributed by atoms with E-state index in [-0.39, 0.29) is 23.9 Å². The summed E-state index contributed by atoms with van der Waals surface area (Å²) in [6.07, 6.45) is 7.13. The van der Waals surface area contributed by atoms with Crippen LogP contribution < -0.4 is 0 Å². The number of epoxide rings is 1. The molecule has 0 amide bonds. The lowest BCUT2D eigenvalue weighted by Crippen LogP contribution is -2.41. The Kier molecular flexibility index (Phi) is 9.06. The zero-order chi connectivity index (χ0) is 17.3. The summed E-state index contributed by atoms with van der Waals surface area (Å²) < 4.78 is 18.1. The molecule has 23 heavy (non-hydrogen) atoms. The van der Waals surface area contributed by atoms with E-state index in [2.05, 4.69) is 34.6 Å². The highest BCUT2D eigenvalue weighted by molar-refractivity contribution is 4.88. The topological polar surface area (TPSA) is 51.2 Å². The minimum Gasteiger partial charge on any atom is -0.396 e. The Balaban J connectivity index is 2.62. The highest BCUT2D eigenvalue weighted by Gasteiger charge is 2.39. The average molecular weight is 331 g/mol. The van der Waals surface area contributed by atoms with E-state index in [0.717, 1.165) is 45.1 Å². The average Bonchev–Trinajstić information content (AvgIpc) is 3.37. The molecule has 2 unspecified atom stereocenters. The lowest BCUT2D eigenvalue weighted by molar-refractivity contribution is -0.141. The second kappa shape index (κ2) is 9.97. The molecule has 0 aromatic heterocycles. The van der Waals surface area contributed by atoms with E-state index in [1.165, 1.54) is 0 Å². The van der Waals surface area contributed by atoms with Crippen molar-refractivity contribution in [2.75, 3.05) is 19.8 Å². The van der Waals surface area contributed by atoms with Crippen LogP contribution in [0.3, 0.4) is 0 Å². The molecule has 1 aliphatic heterocycles. The van der Waals surface area contributed by atoms with E-state index >= 15 is 0 Å². The quantitative estimate of drug-likeness (QED) is 0.385. The Hall–Kier alpha value is -0.160. The van der Waals surface area contributed by atoms with Crippen molar-refractivity contribution in [3.8, 4) is 0 Å². The predicted molar refractivity (Wildman–Crippen MR) is 93.8 cm³/mol. The molecular formula is C19H38O4. The van der Waals surface area contributed by atoms with Crippen LogP contribution >= 0.6 is 0 Å². The summed E-state index contributed by atoms with van der Waals surface area (Å²) >= 11 is 0. The number of rotatable bonds is 14. The largest absolute Gasteiger partial charge is 0.396 e. The first-order valence-electron chi connectivity index (χ1n) is 9.53. The molecule has 0 radical (unpaired) electrons. The minimum absolute atomic E-state index is 0.0705. The van der Waals surface area contributed by atoms with Crippen molar-refractivity contribution in [2.45, 2.75) is 103 Å². The molecule has 0 aromatic carbocycles. The Morgan fingerprint density at radius 2 is 1.65 bits per heavy atom. The number of hydrogen-bond acceptors (Lipinski definition) is 4. The van der Waals surface area contributed by atoms with Gasteiger partial charge in [-0.1, -0.05) is 27.7 Å². The van der Waals surface area contributed by atoms with Gasteiger partial charge in [0.05, 0.1) is 30.0 Å². The molecule has 0 saturated carbocycles. The first-order valence-corrected chi connectivity index (χ1v) is 9.53. The SMILES string of the molecule is CCC(CC)(CC(C)OC(CC)(CC)CC1CO1)OCCCO. The Labute approximate surface area is 142 Å². The monoisotopic (exact) mass is 330 g/mol. The van der Waals surface area contributed by atoms with E-state index in [1.807, 2.05) is 0 Å². The van der Waals surface area contributed by atoms with E-state index in [0.29, 0.717) is 19.1 Å². The highest BCUT2D eigenvalue weighted by atomic mass is 16.6. The van der Waals surface area contributed by atoms with Crippen LogP contribution in [0.2, 0.25) is 0 Å². The zero-order valence-corrected chi connectivity index (χ0v) is 15.9. The normalized spacial score (nSPS) is 19.8. The summed E-state index contributed by atoms with van der Waals surface area (Å²) in [5, 5.41) is 8.98. The summed E-state index contributed by atoms with van der Waals surface area (Å²) in [5.74, 6) is 0. The first-order chi connectivity index (χ1) is 11.0. The van der Waals surface area contributed by atoms with Gasteiger partial charge in [0.15, 0.2) is 0 Å². The smallest absolute Gasteiger partial charge is 0.0837 e. The van der Waals surface area contributed by atoms with Gasteiger partial charge in [-0.25, -0.2) is 0 Å². The third kappa shape index (κ3) is 6.69. The molecule has 1 fully saturated rings. The molecule has 0 bridgehead atoms. The lowest BCUT2D eigenvalue weighted by atomic mass is 9.88. The van der Waals surface area contributed by atoms with E-state index in [9.17, 15) is 0 Å². The van der Waals surface area contributed by atoms with Gasteiger partial charge in [-0.05, 0) is 39.0 Å². The molecule has 1 aliphatic rings. The van der Waals surface area contributed by atoms with Crippen LogP contribution in [-0.4, -0.2) is 48.3 Å². The molecule has 2 atom stereocenters. The zero-order valence-electron chi connectivity index (χ0n) is 15.9. The first kappa shape index (κ1) is 20.9. The maximum Gasteiger partial charge on any atom is 0.0837 e. The molecular weight excluding hydrogens is 292 g/mol. The van der Waals surface area contributed by atoms with Gasteiger partial charge in [0.25, 0.3) is 0 Å². The van der Waals surface area contributed by atoms with Gasteiger partial charge in [0.2, 0.25) is 0 Å². The van der Waals surface area contributed by atoms with Crippen LogP contribution in [-0.2, 0) is 14.2 Å². The summed E-state index contributed by atoms with van der Waals surface area (Å²) in [6.45, 7) is 12.6. The molecule has 0 spiro atoms. The van der Waals surface area contributed by atoms with Crippen molar-refractivity contribution in [2.24, 2.45) is 0 Å². The van der Waals surface area contributed by atoms with Crippen molar-refractivity contribution in [3.05, 3.63) is 0 Å². The fraction of sp³-hybridized carbons (Fsp3) is 1.00. The third-order valence-corrected chi connectivity index (χ3v) is 5.40. The van der Waals surface area contributed by atoms with E-state index in [4.69, 9.17) is 19.3 Å². The van der Waals surface area contributed by atoms with Crippen LogP contribution in [0.4, 0.5) is 0 Å². The van der Waals surface area contributed by atoms with Crippen molar-refractivity contribution in [1.29, 1.82) is 0 Å². The molecule has 1 rings (SSSR count). The molecule has 1 N–H and O–H groups in total. The number of hydrogen-bond donors (Lipinski definition) is 1. The summed E-state index contributed by atoms with van der Waals surface area (Å²) in [6, 6.07) is 0. The second-order valence-corrected chi connectivity index (χ2v) is 7.00. The number of aliphatic hydroxyl groups is 1. The van der Waals surface area contributed by atoms with E-state index in [1.54, 1.807) is 0 Å². The van der Waals surface area contributed by atoms with Crippen LogP contribution in [0.15, 0.2) is 0 Å². The molecule has 1 saturated heterocycles. The van der Waals surface area contributed by atoms with Gasteiger partial charge in [-0.3, -0.25) is 0 Å². The Morgan fingerprint density at radius 3 is 2.09 bits per heavy atom. The van der Waals surface area contributed by atoms with Crippen molar-refractivity contribution < 1.29 is 19.3 Å². The third-order valence-electron chi connectivity index (χ3n) is 5.40. The van der Waals surface area contributed by atoms with Gasteiger partial charge in [-0.15, -0.1) is 0 Å². The maximum absolute atomic E-state index is 8.98. The van der Waals surface area contributed by atoms with Gasteiger partial charge in [0, 0.05) is 26.1 Å². The standard InChI is InChI=1S/C19H38O4/c1-6-18(7-2,22-12-10-11-20)13-16(5)23-19(8-3,9-4)14-17-15-21-17/h16-17,20H,6-15H2,1-5H3. The molecule has 4 heteroatoms. The molecule has 0 aromatic rings. The minimum atomic E-state index is -0.141. The van der Waals surface area contributed by atoms with Gasteiger partial charge in [0.1, 0.15) is 0 Å². The van der Waals surface area contributed by atoms with E-state index < -0.39 is 0 Å². The van der Waals surface area contributed by atoms with Gasteiger partial charge < -0.3 is 19.3 Å². The molecule has 4 nitrogen and oxygen atoms in total. The maximum atomic E-state index is 8.98. The molecule has 0 aliphatic carbocycles. The number of ether oxygens (including phenoxy) is 3. The van der Waals surface area contributed by atoms with Gasteiger partial charge >= 0.3 is 0 Å². The fourth-order valence-corrected chi connectivity index (χ4v) is 3.50. The van der Waals surface area contributed by atoms with Crippen LogP contribution in [0.5, 0.6) is 0 Å². The highest BCUT2D eigenvalue weighted by Crippen LogP contribution is 2.35. The Morgan fingerprint density at radius 1 is 1.09 bits per heavy atom. The fourth-order valence-electron chi connectivity index (χ4n) is 3.50. The van der Waals surface area contributed by atoms with Crippen LogP contribution in [0, 0.1) is 0 Å². The second-order valence-electron chi connectivity index (χ2n) is 7.00. The molecule has 138 valence electrons. The van der Waals surface area contributed by atoms with Crippen LogP contribution in [0.25, 0.3) is 0 Å². The van der Waals surface area contributed by atoms with Crippen molar-refractivity contribution in [1.82, 2.24) is 0 Å². The van der Waals surface area contributed by atoms with Crippen molar-refractivity contribution >= 4 is 0 Å². The summed E-state index contributed by atoms with van der Waals surface area (Å²) in [4.78, 5) is 0. The van der Waals surface area contributed by atoms with Crippen LogP contribution in [0.1, 0.15) is 79.6 Å². The van der Waals surface area contributed by atoms with Gasteiger partial charge in [-0.2, -0.15) is 0 Å². The molecule has 1 heterocycles. The summed E-state index contributed by atoms with van der Waals surface area (Å²) in [5.41, 5.74) is -0.212. The predicted octanol–water partition coefficient (Wildman–Crippen LogP) is 4.09. The number of aliphatic hydroxyl groups excluding tert-OH is 1. The van der Waals surface area contributed by atoms with Crippen molar-refractivity contribution in [3.63, 3.8) is 0 Å². The Bertz CT molecular complexity index is 306.